The van der Waals surface area contributed by atoms with Crippen molar-refractivity contribution >= 4 is 39.3 Å². The summed E-state index contributed by atoms with van der Waals surface area (Å²) in [6, 6.07) is 6.55. The van der Waals surface area contributed by atoms with Crippen molar-refractivity contribution in [3.63, 3.8) is 0 Å². The minimum Gasteiger partial charge on any atom is -0.465 e. The van der Waals surface area contributed by atoms with Crippen LogP contribution in [0.5, 0.6) is 0 Å². The van der Waals surface area contributed by atoms with E-state index in [0.717, 1.165) is 25.2 Å². The first-order chi connectivity index (χ1) is 12.9. The second-order valence-electron chi connectivity index (χ2n) is 6.60. The van der Waals surface area contributed by atoms with Gasteiger partial charge in [0, 0.05) is 37.2 Å². The van der Waals surface area contributed by atoms with Crippen molar-refractivity contribution in [1.82, 2.24) is 14.9 Å². The predicted octanol–water partition coefficient (Wildman–Crippen LogP) is 3.95. The van der Waals surface area contributed by atoms with Gasteiger partial charge in [0.25, 0.3) is 0 Å². The lowest BCUT2D eigenvalue weighted by Crippen LogP contribution is -2.40. The van der Waals surface area contributed by atoms with Crippen LogP contribution in [0.3, 0.4) is 0 Å². The Hall–Kier alpha value is -2.42. The molecule has 1 aliphatic heterocycles. The largest absolute Gasteiger partial charge is 0.465 e. The summed E-state index contributed by atoms with van der Waals surface area (Å²) in [5, 5.41) is 12.0. The summed E-state index contributed by atoms with van der Waals surface area (Å²) in [6.07, 6.45) is 2.25. The van der Waals surface area contributed by atoms with Crippen LogP contribution < -0.4 is 10.2 Å². The minimum atomic E-state index is -0.853. The number of nitrogens with one attached hydrogen (secondary N) is 1. The zero-order valence-electron chi connectivity index (χ0n) is 14.9. The smallest absolute Gasteiger partial charge is 0.407 e. The van der Waals surface area contributed by atoms with Crippen LogP contribution in [0.4, 0.5) is 26.5 Å². The van der Waals surface area contributed by atoms with Gasteiger partial charge in [-0.15, -0.1) is 0 Å². The second kappa shape index (κ2) is 8.51. The van der Waals surface area contributed by atoms with E-state index in [2.05, 4.69) is 31.2 Å². The van der Waals surface area contributed by atoms with Gasteiger partial charge in [0.2, 0.25) is 0 Å². The average Bonchev–Trinajstić information content (AvgIpc) is 2.65. The van der Waals surface area contributed by atoms with Gasteiger partial charge < -0.3 is 20.2 Å². The third-order valence-corrected chi connectivity index (χ3v) is 5.15. The van der Waals surface area contributed by atoms with E-state index in [4.69, 9.17) is 5.11 Å². The molecule has 2 aromatic rings. The Balaban J connectivity index is 1.62. The number of amides is 1. The van der Waals surface area contributed by atoms with Crippen LogP contribution in [0.25, 0.3) is 0 Å². The number of carboxylic acid groups (broad SMARTS) is 1. The van der Waals surface area contributed by atoms with Gasteiger partial charge in [-0.1, -0.05) is 15.9 Å². The van der Waals surface area contributed by atoms with Crippen LogP contribution in [0.15, 0.2) is 35.1 Å². The van der Waals surface area contributed by atoms with Crippen molar-refractivity contribution in [3.05, 3.63) is 40.9 Å². The first-order valence-electron chi connectivity index (χ1n) is 8.65. The number of nitrogens with zero attached hydrogens (tertiary/aromatic N) is 4. The quantitative estimate of drug-likeness (QED) is 0.736. The van der Waals surface area contributed by atoms with E-state index in [9.17, 15) is 9.18 Å². The van der Waals surface area contributed by atoms with Crippen LogP contribution in [0.1, 0.15) is 12.8 Å². The predicted molar refractivity (Wildman–Crippen MR) is 105 cm³/mol. The second-order valence-corrected chi connectivity index (χ2v) is 7.52. The molecule has 0 spiro atoms. The highest BCUT2D eigenvalue weighted by Crippen LogP contribution is 2.25. The number of anilines is 3. The molecule has 1 aliphatic rings. The Morgan fingerprint density at radius 2 is 2.11 bits per heavy atom. The molecule has 0 bridgehead atoms. The highest BCUT2D eigenvalue weighted by molar-refractivity contribution is 9.10. The number of halogens is 2. The molecule has 1 fully saturated rings. The summed E-state index contributed by atoms with van der Waals surface area (Å²) in [5.74, 6) is 1.27. The molecular formula is C18H21BrFN5O2. The Labute approximate surface area is 165 Å². The molecule has 3 rings (SSSR count). The molecule has 0 unspecified atom stereocenters. The third-order valence-electron chi connectivity index (χ3n) is 4.65. The Bertz CT molecular complexity index is 814. The lowest BCUT2D eigenvalue weighted by Gasteiger charge is -2.32. The van der Waals surface area contributed by atoms with Crippen molar-refractivity contribution in [2.75, 3.05) is 36.9 Å². The summed E-state index contributed by atoms with van der Waals surface area (Å²) >= 11 is 3.24. The molecule has 2 heterocycles. The molecule has 144 valence electrons. The number of benzene rings is 1. The van der Waals surface area contributed by atoms with Crippen molar-refractivity contribution < 1.29 is 14.3 Å². The van der Waals surface area contributed by atoms with Gasteiger partial charge in [0.05, 0.1) is 5.69 Å². The molecule has 9 heteroatoms. The molecule has 0 saturated carbocycles. The number of piperidine rings is 1. The summed E-state index contributed by atoms with van der Waals surface area (Å²) in [6.45, 7) is 1.90. The number of likely N-dealkylation sites (tertiary alicyclic amines) is 1. The maximum atomic E-state index is 14.0. The number of hydrogen-bond donors (Lipinski definition) is 2. The summed E-state index contributed by atoms with van der Waals surface area (Å²) in [7, 11) is 1.94. The van der Waals surface area contributed by atoms with Crippen molar-refractivity contribution in [1.29, 1.82) is 0 Å². The molecule has 0 aliphatic carbocycles. The standard InChI is InChI=1S/C18H21BrFN5O2/c1-24(10-12-4-6-25(7-5-12)18(26)27)17-9-16(21-11-22-17)23-15-3-2-13(19)8-14(15)20/h2-3,8-9,11-12H,4-7,10H2,1H3,(H,26,27)(H,21,22,23). The number of hydrogen-bond acceptors (Lipinski definition) is 5. The summed E-state index contributed by atoms with van der Waals surface area (Å²) < 4.78 is 14.7. The van der Waals surface area contributed by atoms with E-state index in [1.165, 1.54) is 17.3 Å². The average molecular weight is 438 g/mol. The van der Waals surface area contributed by atoms with Crippen LogP contribution in [-0.2, 0) is 0 Å². The van der Waals surface area contributed by atoms with Crippen LogP contribution in [0, 0.1) is 11.7 Å². The van der Waals surface area contributed by atoms with Gasteiger partial charge in [-0.05, 0) is 37.0 Å². The molecule has 0 radical (unpaired) electrons. The molecule has 1 saturated heterocycles. The zero-order chi connectivity index (χ0) is 19.4. The molecular weight excluding hydrogens is 417 g/mol. The SMILES string of the molecule is CN(CC1CCN(C(=O)O)CC1)c1cc(Nc2ccc(Br)cc2F)ncn1. The molecule has 2 N–H and O–H groups in total. The van der Waals surface area contributed by atoms with E-state index in [0.29, 0.717) is 35.0 Å². The van der Waals surface area contributed by atoms with E-state index in [1.807, 2.05) is 11.9 Å². The summed E-state index contributed by atoms with van der Waals surface area (Å²) in [4.78, 5) is 22.9. The topological polar surface area (TPSA) is 81.6 Å². The van der Waals surface area contributed by atoms with E-state index < -0.39 is 6.09 Å². The molecule has 1 amide bonds. The molecule has 0 atom stereocenters. The van der Waals surface area contributed by atoms with Gasteiger partial charge in [-0.2, -0.15) is 0 Å². The van der Waals surface area contributed by atoms with E-state index in [1.54, 1.807) is 18.2 Å². The fourth-order valence-corrected chi connectivity index (χ4v) is 3.47. The van der Waals surface area contributed by atoms with Crippen LogP contribution >= 0.6 is 15.9 Å². The first kappa shape index (κ1) is 19.3. The normalized spacial score (nSPS) is 14.9. The van der Waals surface area contributed by atoms with Gasteiger partial charge >= 0.3 is 6.09 Å². The van der Waals surface area contributed by atoms with Crippen molar-refractivity contribution in [2.45, 2.75) is 12.8 Å². The van der Waals surface area contributed by atoms with Crippen LogP contribution in [0.2, 0.25) is 0 Å². The maximum Gasteiger partial charge on any atom is 0.407 e. The van der Waals surface area contributed by atoms with Gasteiger partial charge in [-0.25, -0.2) is 19.2 Å². The Morgan fingerprint density at radius 3 is 2.78 bits per heavy atom. The van der Waals surface area contributed by atoms with Gasteiger partial charge in [0.15, 0.2) is 0 Å². The molecule has 1 aromatic heterocycles. The van der Waals surface area contributed by atoms with E-state index in [-0.39, 0.29) is 5.82 Å². The van der Waals surface area contributed by atoms with Crippen LogP contribution in [-0.4, -0.2) is 52.7 Å². The lowest BCUT2D eigenvalue weighted by atomic mass is 9.96. The van der Waals surface area contributed by atoms with Crippen molar-refractivity contribution in [3.8, 4) is 0 Å². The summed E-state index contributed by atoms with van der Waals surface area (Å²) in [5.41, 5.74) is 0.339. The monoisotopic (exact) mass is 437 g/mol. The number of aromatic nitrogens is 2. The van der Waals surface area contributed by atoms with Gasteiger partial charge in [0.1, 0.15) is 23.8 Å². The molecule has 1 aromatic carbocycles. The van der Waals surface area contributed by atoms with E-state index >= 15 is 0 Å². The first-order valence-corrected chi connectivity index (χ1v) is 9.45. The highest BCUT2D eigenvalue weighted by Gasteiger charge is 2.23. The fraction of sp³-hybridized carbons (Fsp3) is 0.389. The fourth-order valence-electron chi connectivity index (χ4n) is 3.14. The zero-order valence-corrected chi connectivity index (χ0v) is 16.5. The Morgan fingerprint density at radius 1 is 1.37 bits per heavy atom. The minimum absolute atomic E-state index is 0.339. The van der Waals surface area contributed by atoms with Gasteiger partial charge in [-0.3, -0.25) is 0 Å². The molecule has 7 nitrogen and oxygen atoms in total. The third kappa shape index (κ3) is 5.06. The number of carbonyl (C=O) groups is 1. The number of rotatable bonds is 5. The highest BCUT2D eigenvalue weighted by atomic mass is 79.9. The lowest BCUT2D eigenvalue weighted by molar-refractivity contribution is 0.125. The maximum absolute atomic E-state index is 14.0. The van der Waals surface area contributed by atoms with Crippen molar-refractivity contribution in [2.24, 2.45) is 5.92 Å². The molecule has 27 heavy (non-hydrogen) atoms. The Kier molecular flexibility index (Phi) is 6.10.